The van der Waals surface area contributed by atoms with Gasteiger partial charge < -0.3 is 19.7 Å². The molecule has 2 aromatic rings. The van der Waals surface area contributed by atoms with Crippen molar-refractivity contribution in [3.63, 3.8) is 0 Å². The van der Waals surface area contributed by atoms with E-state index in [1.54, 1.807) is 39.2 Å². The van der Waals surface area contributed by atoms with Crippen LogP contribution in [-0.2, 0) is 16.1 Å². The monoisotopic (exact) mass is 388 g/mol. The van der Waals surface area contributed by atoms with Crippen molar-refractivity contribution in [1.82, 2.24) is 10.2 Å². The zero-order chi connectivity index (χ0) is 20.5. The third kappa shape index (κ3) is 5.70. The summed E-state index contributed by atoms with van der Waals surface area (Å²) >= 11 is 0. The summed E-state index contributed by atoms with van der Waals surface area (Å²) < 4.78 is 24.3. The first-order valence-corrected chi connectivity index (χ1v) is 9.03. The molecule has 0 heterocycles. The predicted octanol–water partition coefficient (Wildman–Crippen LogP) is 2.77. The summed E-state index contributed by atoms with van der Waals surface area (Å²) in [6.45, 7) is 3.71. The number of halogens is 1. The number of para-hydroxylation sites is 1. The third-order valence-electron chi connectivity index (χ3n) is 4.19. The second kappa shape index (κ2) is 10.3. The lowest BCUT2D eigenvalue weighted by atomic mass is 10.1. The maximum atomic E-state index is 13.7. The Morgan fingerprint density at radius 3 is 2.61 bits per heavy atom. The molecule has 0 saturated heterocycles. The van der Waals surface area contributed by atoms with Gasteiger partial charge in [0.15, 0.2) is 18.2 Å². The van der Waals surface area contributed by atoms with Crippen LogP contribution in [0.2, 0.25) is 0 Å². The average Bonchev–Trinajstić information content (AvgIpc) is 2.71. The summed E-state index contributed by atoms with van der Waals surface area (Å²) in [5, 5.41) is 2.71. The summed E-state index contributed by atoms with van der Waals surface area (Å²) in [7, 11) is 1.56. The molecule has 0 aliphatic carbocycles. The van der Waals surface area contributed by atoms with Gasteiger partial charge in [-0.05, 0) is 43.7 Å². The van der Waals surface area contributed by atoms with Gasteiger partial charge in [-0.25, -0.2) is 4.39 Å². The average molecular weight is 388 g/mol. The molecule has 2 aromatic carbocycles. The minimum absolute atomic E-state index is 0.0113. The van der Waals surface area contributed by atoms with Crippen LogP contribution < -0.4 is 14.8 Å². The van der Waals surface area contributed by atoms with Crippen LogP contribution in [0.15, 0.2) is 48.5 Å². The molecule has 1 N–H and O–H groups in total. The molecule has 0 spiro atoms. The van der Waals surface area contributed by atoms with Gasteiger partial charge >= 0.3 is 0 Å². The molecule has 7 heteroatoms. The number of ether oxygens (including phenoxy) is 2. The Hall–Kier alpha value is -3.09. The van der Waals surface area contributed by atoms with Gasteiger partial charge in [0.05, 0.1) is 7.11 Å². The maximum Gasteiger partial charge on any atom is 0.261 e. The molecule has 1 atom stereocenters. The molecule has 150 valence electrons. The quantitative estimate of drug-likeness (QED) is 0.717. The van der Waals surface area contributed by atoms with Crippen LogP contribution in [0.4, 0.5) is 4.39 Å². The Bertz CT molecular complexity index is 812. The largest absolute Gasteiger partial charge is 0.497 e. The summed E-state index contributed by atoms with van der Waals surface area (Å²) in [5.74, 6) is -0.609. The molecule has 0 radical (unpaired) electrons. The minimum atomic E-state index is -0.720. The molecule has 6 nitrogen and oxygen atoms in total. The van der Waals surface area contributed by atoms with Crippen molar-refractivity contribution in [3.05, 3.63) is 59.9 Å². The van der Waals surface area contributed by atoms with E-state index in [-0.39, 0.29) is 24.8 Å². The molecule has 0 aliphatic heterocycles. The highest BCUT2D eigenvalue weighted by atomic mass is 19.1. The highest BCUT2D eigenvalue weighted by molar-refractivity contribution is 5.87. The van der Waals surface area contributed by atoms with Crippen LogP contribution in [0.25, 0.3) is 0 Å². The molecular formula is C21H25FN2O4. The third-order valence-corrected chi connectivity index (χ3v) is 4.19. The molecule has 0 fully saturated rings. The Kier molecular flexibility index (Phi) is 7.80. The van der Waals surface area contributed by atoms with Gasteiger partial charge in [0, 0.05) is 13.1 Å². The van der Waals surface area contributed by atoms with Crippen molar-refractivity contribution >= 4 is 11.8 Å². The molecule has 0 saturated carbocycles. The molecule has 28 heavy (non-hydrogen) atoms. The normalized spacial score (nSPS) is 11.4. The number of carbonyl (C=O) groups is 2. The van der Waals surface area contributed by atoms with Crippen LogP contribution in [0.5, 0.6) is 11.5 Å². The molecule has 0 bridgehead atoms. The van der Waals surface area contributed by atoms with E-state index in [2.05, 4.69) is 5.32 Å². The smallest absolute Gasteiger partial charge is 0.261 e. The fourth-order valence-corrected chi connectivity index (χ4v) is 2.66. The predicted molar refractivity (Wildman–Crippen MR) is 104 cm³/mol. The molecule has 0 aromatic heterocycles. The lowest BCUT2D eigenvalue weighted by Crippen LogP contribution is -2.49. The topological polar surface area (TPSA) is 67.9 Å². The van der Waals surface area contributed by atoms with Crippen LogP contribution in [-0.4, -0.2) is 43.0 Å². The number of amides is 2. The molecular weight excluding hydrogens is 363 g/mol. The molecule has 2 rings (SSSR count). The Labute approximate surface area is 164 Å². The van der Waals surface area contributed by atoms with Crippen molar-refractivity contribution in [2.24, 2.45) is 0 Å². The lowest BCUT2D eigenvalue weighted by molar-refractivity contribution is -0.142. The SMILES string of the molecule is CCNC(=O)[C@@H](C)N(Cc1cccc(OC)c1)C(=O)COc1ccccc1F. The van der Waals surface area contributed by atoms with E-state index < -0.39 is 17.8 Å². The van der Waals surface area contributed by atoms with E-state index in [1.807, 2.05) is 12.1 Å². The van der Waals surface area contributed by atoms with Crippen molar-refractivity contribution in [1.29, 1.82) is 0 Å². The second-order valence-electron chi connectivity index (χ2n) is 6.16. The van der Waals surface area contributed by atoms with Crippen molar-refractivity contribution in [2.75, 3.05) is 20.3 Å². The van der Waals surface area contributed by atoms with Gasteiger partial charge in [0.2, 0.25) is 5.91 Å². The summed E-state index contributed by atoms with van der Waals surface area (Å²) in [6, 6.07) is 12.4. The minimum Gasteiger partial charge on any atom is -0.497 e. The van der Waals surface area contributed by atoms with Gasteiger partial charge in [-0.1, -0.05) is 24.3 Å². The first-order chi connectivity index (χ1) is 13.5. The standard InChI is InChI=1S/C21H25FN2O4/c1-4-23-21(26)15(2)24(13-16-8-7-9-17(12-16)27-3)20(25)14-28-19-11-6-5-10-18(19)22/h5-12,15H,4,13-14H2,1-3H3,(H,23,26)/t15-/m1/s1. The van der Waals surface area contributed by atoms with Crippen LogP contribution in [0.3, 0.4) is 0 Å². The molecule has 2 amide bonds. The van der Waals surface area contributed by atoms with Crippen LogP contribution >= 0.6 is 0 Å². The Morgan fingerprint density at radius 1 is 1.18 bits per heavy atom. The number of carbonyl (C=O) groups excluding carboxylic acids is 2. The maximum absolute atomic E-state index is 13.7. The van der Waals surface area contributed by atoms with Gasteiger partial charge in [-0.15, -0.1) is 0 Å². The number of hydrogen-bond acceptors (Lipinski definition) is 4. The first kappa shape index (κ1) is 21.2. The number of benzene rings is 2. The van der Waals surface area contributed by atoms with Gasteiger partial charge in [0.25, 0.3) is 5.91 Å². The van der Waals surface area contributed by atoms with E-state index in [0.717, 1.165) is 5.56 Å². The summed E-state index contributed by atoms with van der Waals surface area (Å²) in [5.41, 5.74) is 0.801. The number of nitrogens with one attached hydrogen (secondary N) is 1. The van der Waals surface area contributed by atoms with Crippen molar-refractivity contribution < 1.29 is 23.5 Å². The van der Waals surface area contributed by atoms with Gasteiger partial charge in [-0.3, -0.25) is 9.59 Å². The van der Waals surface area contributed by atoms with E-state index in [4.69, 9.17) is 9.47 Å². The second-order valence-corrected chi connectivity index (χ2v) is 6.16. The van der Waals surface area contributed by atoms with Crippen molar-refractivity contribution in [3.8, 4) is 11.5 Å². The molecule has 0 unspecified atom stereocenters. The number of rotatable bonds is 9. The zero-order valence-electron chi connectivity index (χ0n) is 16.3. The van der Waals surface area contributed by atoms with Gasteiger partial charge in [-0.2, -0.15) is 0 Å². The van der Waals surface area contributed by atoms with E-state index in [1.165, 1.54) is 23.1 Å². The zero-order valence-corrected chi connectivity index (χ0v) is 16.3. The highest BCUT2D eigenvalue weighted by Crippen LogP contribution is 2.18. The van der Waals surface area contributed by atoms with Crippen molar-refractivity contribution in [2.45, 2.75) is 26.4 Å². The van der Waals surface area contributed by atoms with Crippen LogP contribution in [0.1, 0.15) is 19.4 Å². The number of nitrogens with zero attached hydrogens (tertiary/aromatic N) is 1. The number of hydrogen-bond donors (Lipinski definition) is 1. The first-order valence-electron chi connectivity index (χ1n) is 9.03. The van der Waals surface area contributed by atoms with E-state index in [0.29, 0.717) is 12.3 Å². The highest BCUT2D eigenvalue weighted by Gasteiger charge is 2.26. The van der Waals surface area contributed by atoms with Gasteiger partial charge in [0.1, 0.15) is 11.8 Å². The summed E-state index contributed by atoms with van der Waals surface area (Å²) in [4.78, 5) is 26.5. The number of likely N-dealkylation sites (N-methyl/N-ethyl adjacent to an activating group) is 1. The number of methoxy groups -OCH3 is 1. The van der Waals surface area contributed by atoms with E-state index >= 15 is 0 Å². The fraction of sp³-hybridized carbons (Fsp3) is 0.333. The Balaban J connectivity index is 2.17. The van der Waals surface area contributed by atoms with E-state index in [9.17, 15) is 14.0 Å². The van der Waals surface area contributed by atoms with Crippen LogP contribution in [0, 0.1) is 5.82 Å². The summed E-state index contributed by atoms with van der Waals surface area (Å²) in [6.07, 6.45) is 0. The lowest BCUT2D eigenvalue weighted by Gasteiger charge is -2.28. The molecule has 0 aliphatic rings. The Morgan fingerprint density at radius 2 is 1.93 bits per heavy atom. The fourth-order valence-electron chi connectivity index (χ4n) is 2.66.